The van der Waals surface area contributed by atoms with Crippen molar-refractivity contribution >= 4 is 35.2 Å². The zero-order valence-electron chi connectivity index (χ0n) is 13.3. The Kier molecular flexibility index (Phi) is 5.30. The number of hydrogen-bond donors (Lipinski definition) is 2. The predicted molar refractivity (Wildman–Crippen MR) is 91.3 cm³/mol. The highest BCUT2D eigenvalue weighted by Crippen LogP contribution is 2.21. The minimum absolute atomic E-state index is 0.0955. The van der Waals surface area contributed by atoms with Crippen LogP contribution >= 0.6 is 12.2 Å². The van der Waals surface area contributed by atoms with Crippen molar-refractivity contribution in [2.75, 3.05) is 6.54 Å². The Hall–Kier alpha value is -2.15. The van der Waals surface area contributed by atoms with Gasteiger partial charge in [-0.1, -0.05) is 0 Å². The van der Waals surface area contributed by atoms with Gasteiger partial charge in [0.05, 0.1) is 5.52 Å². The summed E-state index contributed by atoms with van der Waals surface area (Å²) in [4.78, 5) is 27.0. The number of H-pyrrole nitrogens is 1. The quantitative estimate of drug-likeness (QED) is 0.474. The fourth-order valence-corrected chi connectivity index (χ4v) is 3.07. The van der Waals surface area contributed by atoms with Crippen molar-refractivity contribution in [2.45, 2.75) is 44.6 Å². The van der Waals surface area contributed by atoms with Crippen molar-refractivity contribution < 1.29 is 18.7 Å². The third kappa shape index (κ3) is 4.23. The summed E-state index contributed by atoms with van der Waals surface area (Å²) in [5, 5.41) is 2.79. The van der Waals surface area contributed by atoms with Crippen LogP contribution in [0.2, 0.25) is 0 Å². The fourth-order valence-electron chi connectivity index (χ4n) is 2.87. The van der Waals surface area contributed by atoms with Crippen LogP contribution in [-0.4, -0.2) is 29.5 Å². The summed E-state index contributed by atoms with van der Waals surface area (Å²) in [6.45, 7) is 0.424. The number of esters is 1. The molecule has 0 spiro atoms. The molecular formula is C17H20N2O4S. The highest BCUT2D eigenvalue weighted by molar-refractivity contribution is 7.71. The first kappa shape index (κ1) is 16.7. The maximum Gasteiger partial charge on any atom is 0.306 e. The van der Waals surface area contributed by atoms with Crippen LogP contribution in [0.5, 0.6) is 0 Å². The Balaban J connectivity index is 1.42. The maximum atomic E-state index is 12.1. The van der Waals surface area contributed by atoms with E-state index in [9.17, 15) is 9.59 Å². The fraction of sp³-hybridized carbons (Fsp3) is 0.471. The predicted octanol–water partition coefficient (Wildman–Crippen LogP) is 3.49. The lowest BCUT2D eigenvalue weighted by atomic mass is 10.2. The van der Waals surface area contributed by atoms with Crippen molar-refractivity contribution in [3.05, 3.63) is 28.6 Å². The van der Waals surface area contributed by atoms with Crippen LogP contribution < -0.4 is 5.32 Å². The van der Waals surface area contributed by atoms with Gasteiger partial charge in [0, 0.05) is 18.5 Å². The first-order valence-corrected chi connectivity index (χ1v) is 8.63. The molecule has 1 amide bonds. The van der Waals surface area contributed by atoms with Gasteiger partial charge in [0.1, 0.15) is 6.10 Å². The Morgan fingerprint density at radius 1 is 1.33 bits per heavy atom. The van der Waals surface area contributed by atoms with Crippen LogP contribution in [-0.2, 0) is 9.53 Å². The molecule has 1 aliphatic rings. The van der Waals surface area contributed by atoms with E-state index in [0.29, 0.717) is 30.5 Å². The molecule has 1 aliphatic carbocycles. The number of fused-ring (bicyclic) bond motifs is 1. The van der Waals surface area contributed by atoms with Crippen molar-refractivity contribution in [3.63, 3.8) is 0 Å². The van der Waals surface area contributed by atoms with Crippen LogP contribution in [0.3, 0.4) is 0 Å². The number of benzene rings is 1. The molecule has 24 heavy (non-hydrogen) atoms. The van der Waals surface area contributed by atoms with Crippen molar-refractivity contribution in [1.29, 1.82) is 0 Å². The van der Waals surface area contributed by atoms with Gasteiger partial charge in [0.15, 0.2) is 5.58 Å². The second kappa shape index (κ2) is 7.61. The average Bonchev–Trinajstić information content (AvgIpc) is 3.18. The SMILES string of the molecule is O=C(CCCNC(=O)c1ccc2[nH]c(=S)oc2c1)OC1CCCC1. The van der Waals surface area contributed by atoms with E-state index in [1.165, 1.54) is 0 Å². The van der Waals surface area contributed by atoms with Crippen molar-refractivity contribution in [3.8, 4) is 0 Å². The molecule has 1 heterocycles. The number of carbonyl (C=O) groups excluding carboxylic acids is 2. The van der Waals surface area contributed by atoms with Gasteiger partial charge in [-0.25, -0.2) is 0 Å². The minimum Gasteiger partial charge on any atom is -0.462 e. The van der Waals surface area contributed by atoms with Crippen LogP contribution in [0.15, 0.2) is 22.6 Å². The van der Waals surface area contributed by atoms with Gasteiger partial charge in [0.25, 0.3) is 10.7 Å². The van der Waals surface area contributed by atoms with Crippen LogP contribution in [0.4, 0.5) is 0 Å². The van der Waals surface area contributed by atoms with Gasteiger partial charge in [-0.15, -0.1) is 0 Å². The topological polar surface area (TPSA) is 84.3 Å². The molecule has 0 atom stereocenters. The molecule has 6 nitrogen and oxygen atoms in total. The number of nitrogens with one attached hydrogen (secondary N) is 2. The number of rotatable bonds is 6. The largest absolute Gasteiger partial charge is 0.462 e. The third-order valence-corrected chi connectivity index (χ3v) is 4.31. The molecule has 2 N–H and O–H groups in total. The Morgan fingerprint density at radius 2 is 2.12 bits per heavy atom. The second-order valence-electron chi connectivity index (χ2n) is 5.98. The van der Waals surface area contributed by atoms with Crippen molar-refractivity contribution in [1.82, 2.24) is 10.3 Å². The molecule has 0 aliphatic heterocycles. The Labute approximate surface area is 144 Å². The molecule has 1 aromatic heterocycles. The lowest BCUT2D eigenvalue weighted by Gasteiger charge is -2.11. The van der Waals surface area contributed by atoms with Crippen LogP contribution in [0, 0.1) is 4.84 Å². The van der Waals surface area contributed by atoms with Gasteiger partial charge < -0.3 is 19.5 Å². The van der Waals surface area contributed by atoms with Crippen LogP contribution in [0.1, 0.15) is 48.9 Å². The molecule has 1 saturated carbocycles. The van der Waals surface area contributed by atoms with Crippen molar-refractivity contribution in [2.24, 2.45) is 0 Å². The zero-order valence-corrected chi connectivity index (χ0v) is 14.1. The van der Waals surface area contributed by atoms with E-state index in [0.717, 1.165) is 31.2 Å². The molecule has 3 rings (SSSR count). The smallest absolute Gasteiger partial charge is 0.306 e. The summed E-state index contributed by atoms with van der Waals surface area (Å²) >= 11 is 4.92. The van der Waals surface area contributed by atoms with E-state index in [-0.39, 0.29) is 22.8 Å². The van der Waals surface area contributed by atoms with E-state index in [2.05, 4.69) is 10.3 Å². The first-order valence-electron chi connectivity index (χ1n) is 8.22. The maximum absolute atomic E-state index is 12.1. The number of ether oxygens (including phenoxy) is 1. The first-order chi connectivity index (χ1) is 11.6. The molecule has 0 unspecified atom stereocenters. The monoisotopic (exact) mass is 348 g/mol. The zero-order chi connectivity index (χ0) is 16.9. The number of carbonyl (C=O) groups is 2. The molecule has 0 bridgehead atoms. The molecular weight excluding hydrogens is 328 g/mol. The summed E-state index contributed by atoms with van der Waals surface area (Å²) < 4.78 is 10.7. The second-order valence-corrected chi connectivity index (χ2v) is 6.35. The van der Waals surface area contributed by atoms with E-state index in [4.69, 9.17) is 21.4 Å². The Morgan fingerprint density at radius 3 is 2.92 bits per heavy atom. The van der Waals surface area contributed by atoms with E-state index < -0.39 is 0 Å². The molecule has 0 saturated heterocycles. The minimum atomic E-state index is -0.205. The molecule has 0 radical (unpaired) electrons. The lowest BCUT2D eigenvalue weighted by molar-refractivity contribution is -0.148. The summed E-state index contributed by atoms with van der Waals surface area (Å²) in [6.07, 6.45) is 5.20. The summed E-state index contributed by atoms with van der Waals surface area (Å²) in [5.74, 6) is -0.384. The molecule has 1 aromatic carbocycles. The number of amides is 1. The average molecular weight is 348 g/mol. The van der Waals surface area contributed by atoms with Gasteiger partial charge in [0.2, 0.25) is 0 Å². The van der Waals surface area contributed by atoms with E-state index in [1.54, 1.807) is 18.2 Å². The number of aromatic amines is 1. The van der Waals surface area contributed by atoms with E-state index in [1.807, 2.05) is 0 Å². The summed E-state index contributed by atoms with van der Waals surface area (Å²) in [6, 6.07) is 5.10. The van der Waals surface area contributed by atoms with Gasteiger partial charge >= 0.3 is 5.97 Å². The summed E-state index contributed by atoms with van der Waals surface area (Å²) in [5.41, 5.74) is 1.80. The standard InChI is InChI=1S/C17H20N2O4S/c20-15(22-12-4-1-2-5-12)6-3-9-18-16(21)11-7-8-13-14(10-11)23-17(24)19-13/h7-8,10,12H,1-6,9H2,(H,18,21)(H,19,24). The molecule has 128 valence electrons. The van der Waals surface area contributed by atoms with Gasteiger partial charge in [-0.2, -0.15) is 0 Å². The van der Waals surface area contributed by atoms with Gasteiger partial charge in [-0.3, -0.25) is 9.59 Å². The lowest BCUT2D eigenvalue weighted by Crippen LogP contribution is -2.25. The third-order valence-electron chi connectivity index (χ3n) is 4.13. The highest BCUT2D eigenvalue weighted by atomic mass is 32.1. The number of oxazole rings is 1. The highest BCUT2D eigenvalue weighted by Gasteiger charge is 2.18. The Bertz CT molecular complexity index is 789. The molecule has 7 heteroatoms. The normalized spacial score (nSPS) is 14.8. The van der Waals surface area contributed by atoms with E-state index >= 15 is 0 Å². The summed E-state index contributed by atoms with van der Waals surface area (Å²) in [7, 11) is 0. The molecule has 1 fully saturated rings. The van der Waals surface area contributed by atoms with Crippen LogP contribution in [0.25, 0.3) is 11.1 Å². The molecule has 2 aromatic rings. The van der Waals surface area contributed by atoms with Gasteiger partial charge in [-0.05, 0) is 62.5 Å². The number of hydrogen-bond acceptors (Lipinski definition) is 5. The number of aromatic nitrogens is 1.